The van der Waals surface area contributed by atoms with Gasteiger partial charge in [-0.2, -0.15) is 5.10 Å². The van der Waals surface area contributed by atoms with Crippen molar-refractivity contribution in [3.63, 3.8) is 0 Å². The number of likely N-dealkylation sites (tertiary alicyclic amines) is 1. The normalized spacial score (nSPS) is 18.2. The first-order valence-corrected chi connectivity index (χ1v) is 10.5. The third-order valence-electron chi connectivity index (χ3n) is 6.27. The van der Waals surface area contributed by atoms with E-state index in [0.29, 0.717) is 24.6 Å². The molecule has 2 saturated heterocycles. The Morgan fingerprint density at radius 3 is 2.63 bits per heavy atom. The van der Waals surface area contributed by atoms with Crippen LogP contribution in [0, 0.1) is 5.82 Å². The second kappa shape index (κ2) is 7.16. The van der Waals surface area contributed by atoms with Crippen molar-refractivity contribution in [2.75, 3.05) is 19.8 Å². The van der Waals surface area contributed by atoms with Crippen LogP contribution in [0.1, 0.15) is 55.1 Å². The first-order chi connectivity index (χ1) is 14.5. The maximum atomic E-state index is 13.4. The summed E-state index contributed by atoms with van der Waals surface area (Å²) >= 11 is 0. The second-order valence-corrected chi connectivity index (χ2v) is 8.67. The Kier molecular flexibility index (Phi) is 4.58. The third-order valence-corrected chi connectivity index (χ3v) is 6.27. The summed E-state index contributed by atoms with van der Waals surface area (Å²) in [5.41, 5.74) is 3.49. The molecule has 5 rings (SSSR count). The van der Waals surface area contributed by atoms with E-state index in [-0.39, 0.29) is 23.2 Å². The average Bonchev–Trinajstić information content (AvgIpc) is 3.16. The first-order valence-electron chi connectivity index (χ1n) is 10.5. The van der Waals surface area contributed by atoms with E-state index in [9.17, 15) is 9.18 Å². The van der Waals surface area contributed by atoms with E-state index in [2.05, 4.69) is 18.9 Å². The number of imidazole rings is 1. The van der Waals surface area contributed by atoms with Gasteiger partial charge in [0.05, 0.1) is 30.6 Å². The highest BCUT2D eigenvalue weighted by Gasteiger charge is 2.48. The van der Waals surface area contributed by atoms with Crippen molar-refractivity contribution >= 4 is 11.6 Å². The van der Waals surface area contributed by atoms with Crippen LogP contribution in [0.25, 0.3) is 16.9 Å². The fourth-order valence-corrected chi connectivity index (χ4v) is 4.48. The minimum atomic E-state index is -0.283. The van der Waals surface area contributed by atoms with Crippen molar-refractivity contribution in [3.05, 3.63) is 53.6 Å². The van der Waals surface area contributed by atoms with Crippen LogP contribution in [0.2, 0.25) is 0 Å². The molecule has 0 radical (unpaired) electrons. The molecule has 4 heterocycles. The van der Waals surface area contributed by atoms with E-state index < -0.39 is 0 Å². The number of nitrogens with zero attached hydrogens (tertiary/aromatic N) is 4. The summed E-state index contributed by atoms with van der Waals surface area (Å²) in [7, 11) is 0. The molecular formula is C23H25FN4O2. The van der Waals surface area contributed by atoms with E-state index in [1.807, 2.05) is 11.0 Å². The molecule has 2 aliphatic heterocycles. The van der Waals surface area contributed by atoms with E-state index in [1.54, 1.807) is 22.8 Å². The number of hydrogen-bond acceptors (Lipinski definition) is 4. The number of halogens is 1. The first kappa shape index (κ1) is 19.2. The van der Waals surface area contributed by atoms with Crippen LogP contribution in [-0.4, -0.2) is 50.7 Å². The van der Waals surface area contributed by atoms with Crippen molar-refractivity contribution in [3.8, 4) is 11.3 Å². The van der Waals surface area contributed by atoms with Gasteiger partial charge in [-0.25, -0.2) is 13.9 Å². The van der Waals surface area contributed by atoms with Gasteiger partial charge in [0, 0.05) is 17.7 Å². The summed E-state index contributed by atoms with van der Waals surface area (Å²) < 4.78 is 20.5. The Hall–Kier alpha value is -2.80. The predicted molar refractivity (Wildman–Crippen MR) is 111 cm³/mol. The van der Waals surface area contributed by atoms with Gasteiger partial charge in [-0.05, 0) is 55.5 Å². The highest BCUT2D eigenvalue weighted by atomic mass is 19.1. The monoisotopic (exact) mass is 408 g/mol. The quantitative estimate of drug-likeness (QED) is 0.656. The SMILES string of the molecule is CC(C)c1cc(-c2ccc(F)cc2)nn2cc(C(=O)N3CCCCC34COC4)nc12. The number of aromatic nitrogens is 3. The van der Waals surface area contributed by atoms with Crippen LogP contribution in [0.4, 0.5) is 4.39 Å². The average molecular weight is 408 g/mol. The Morgan fingerprint density at radius 2 is 1.97 bits per heavy atom. The highest BCUT2D eigenvalue weighted by Crippen LogP contribution is 2.36. The van der Waals surface area contributed by atoms with Gasteiger partial charge in [-0.3, -0.25) is 4.79 Å². The predicted octanol–water partition coefficient (Wildman–Crippen LogP) is 4.05. The molecule has 1 aromatic carbocycles. The fourth-order valence-electron chi connectivity index (χ4n) is 4.48. The fraction of sp³-hybridized carbons (Fsp3) is 0.435. The summed E-state index contributed by atoms with van der Waals surface area (Å²) in [4.78, 5) is 20.0. The lowest BCUT2D eigenvalue weighted by Gasteiger charge is -2.52. The molecule has 7 heteroatoms. The summed E-state index contributed by atoms with van der Waals surface area (Å²) in [5.74, 6) is -0.141. The smallest absolute Gasteiger partial charge is 0.274 e. The summed E-state index contributed by atoms with van der Waals surface area (Å²) in [6, 6.07) is 8.26. The van der Waals surface area contributed by atoms with Crippen molar-refractivity contribution in [2.45, 2.75) is 44.6 Å². The van der Waals surface area contributed by atoms with Gasteiger partial charge in [-0.15, -0.1) is 0 Å². The number of carbonyl (C=O) groups excluding carboxylic acids is 1. The van der Waals surface area contributed by atoms with Crippen LogP contribution in [0.15, 0.2) is 36.5 Å². The minimum absolute atomic E-state index is 0.0541. The van der Waals surface area contributed by atoms with E-state index in [4.69, 9.17) is 9.72 Å². The molecule has 0 N–H and O–H groups in total. The van der Waals surface area contributed by atoms with Crippen LogP contribution in [0.5, 0.6) is 0 Å². The van der Waals surface area contributed by atoms with Crippen molar-refractivity contribution in [2.24, 2.45) is 0 Å². The molecule has 2 aliphatic rings. The van der Waals surface area contributed by atoms with Gasteiger partial charge in [0.15, 0.2) is 5.65 Å². The highest BCUT2D eigenvalue weighted by molar-refractivity contribution is 5.93. The maximum absolute atomic E-state index is 13.4. The maximum Gasteiger partial charge on any atom is 0.274 e. The Labute approximate surface area is 174 Å². The van der Waals surface area contributed by atoms with Gasteiger partial charge in [-0.1, -0.05) is 13.8 Å². The molecule has 3 aromatic rings. The molecule has 0 unspecified atom stereocenters. The summed E-state index contributed by atoms with van der Waals surface area (Å²) in [6.45, 7) is 6.13. The Morgan fingerprint density at radius 1 is 1.20 bits per heavy atom. The zero-order valence-electron chi connectivity index (χ0n) is 17.3. The molecule has 2 aromatic heterocycles. The van der Waals surface area contributed by atoms with E-state index in [1.165, 1.54) is 12.1 Å². The van der Waals surface area contributed by atoms with Crippen LogP contribution in [0.3, 0.4) is 0 Å². The molecule has 0 atom stereocenters. The van der Waals surface area contributed by atoms with Crippen LogP contribution >= 0.6 is 0 Å². The van der Waals surface area contributed by atoms with Gasteiger partial charge >= 0.3 is 0 Å². The molecule has 1 amide bonds. The molecule has 2 fully saturated rings. The lowest BCUT2D eigenvalue weighted by atomic mass is 9.84. The number of rotatable bonds is 3. The summed E-state index contributed by atoms with van der Waals surface area (Å²) in [5, 5.41) is 4.67. The molecule has 156 valence electrons. The molecule has 6 nitrogen and oxygen atoms in total. The Balaban J connectivity index is 1.57. The summed E-state index contributed by atoms with van der Waals surface area (Å²) in [6.07, 6.45) is 4.83. The van der Waals surface area contributed by atoms with E-state index in [0.717, 1.165) is 42.6 Å². The molecule has 0 saturated carbocycles. The van der Waals surface area contributed by atoms with Crippen LogP contribution in [-0.2, 0) is 4.74 Å². The van der Waals surface area contributed by atoms with Crippen molar-refractivity contribution < 1.29 is 13.9 Å². The number of benzene rings is 1. The van der Waals surface area contributed by atoms with Gasteiger partial charge in [0.1, 0.15) is 11.5 Å². The largest absolute Gasteiger partial charge is 0.376 e. The van der Waals surface area contributed by atoms with Gasteiger partial charge < -0.3 is 9.64 Å². The lowest BCUT2D eigenvalue weighted by Crippen LogP contribution is -2.65. The number of carbonyl (C=O) groups is 1. The van der Waals surface area contributed by atoms with Gasteiger partial charge in [0.2, 0.25) is 0 Å². The third kappa shape index (κ3) is 3.08. The lowest BCUT2D eigenvalue weighted by molar-refractivity contribution is -0.140. The molecule has 0 bridgehead atoms. The number of ether oxygens (including phenoxy) is 1. The molecule has 0 aliphatic carbocycles. The van der Waals surface area contributed by atoms with Crippen molar-refractivity contribution in [1.29, 1.82) is 0 Å². The second-order valence-electron chi connectivity index (χ2n) is 8.67. The number of hydrogen-bond donors (Lipinski definition) is 0. The molecule has 30 heavy (non-hydrogen) atoms. The zero-order chi connectivity index (χ0) is 20.9. The topological polar surface area (TPSA) is 59.7 Å². The molecule has 1 spiro atoms. The van der Waals surface area contributed by atoms with Gasteiger partial charge in [0.25, 0.3) is 5.91 Å². The van der Waals surface area contributed by atoms with Crippen LogP contribution < -0.4 is 0 Å². The van der Waals surface area contributed by atoms with E-state index >= 15 is 0 Å². The Bertz CT molecular complexity index is 1100. The number of amides is 1. The number of fused-ring (bicyclic) bond motifs is 1. The minimum Gasteiger partial charge on any atom is -0.376 e. The molecular weight excluding hydrogens is 383 g/mol. The standard InChI is InChI=1S/C23H25FN4O2/c1-15(2)18-11-19(16-5-7-17(24)8-6-16)26-28-12-20(25-21(18)28)22(29)27-10-4-3-9-23(27)13-30-14-23/h5-8,11-12,15H,3-4,9-10,13-14H2,1-2H3. The zero-order valence-corrected chi connectivity index (χ0v) is 17.3. The number of piperidine rings is 1. The van der Waals surface area contributed by atoms with Crippen molar-refractivity contribution in [1.82, 2.24) is 19.5 Å².